The smallest absolute Gasteiger partial charge is 0.154 e. The number of hydrogen-bond acceptors (Lipinski definition) is 2. The minimum absolute atomic E-state index is 0.0557. The number of aryl methyl sites for hydroxylation is 2. The van der Waals surface area contributed by atoms with Crippen LogP contribution in [-0.2, 0) is 24.2 Å². The van der Waals surface area contributed by atoms with E-state index in [0.29, 0.717) is 12.2 Å². The lowest BCUT2D eigenvalue weighted by Gasteiger charge is -2.25. The molecule has 2 aromatic rings. The maximum atomic E-state index is 12.6. The lowest BCUT2D eigenvalue weighted by Crippen LogP contribution is -2.42. The first-order valence-electron chi connectivity index (χ1n) is 7.52. The molecule has 108 valence electrons. The lowest BCUT2D eigenvalue weighted by molar-refractivity contribution is -0.120. The van der Waals surface area contributed by atoms with Gasteiger partial charge in [-0.05, 0) is 42.5 Å². The number of carbonyl (C=O) groups is 1. The van der Waals surface area contributed by atoms with E-state index in [0.717, 1.165) is 18.5 Å². The summed E-state index contributed by atoms with van der Waals surface area (Å²) in [6.07, 6.45) is 1.33. The molecule has 3 rings (SSSR count). The van der Waals surface area contributed by atoms with E-state index < -0.39 is 0 Å². The molecule has 0 spiro atoms. The maximum absolute atomic E-state index is 12.6. The summed E-state index contributed by atoms with van der Waals surface area (Å²) in [5, 5.41) is 3.38. The van der Waals surface area contributed by atoms with Crippen LogP contribution >= 0.6 is 0 Å². The number of fused-ring (bicyclic) bond motifs is 1. The van der Waals surface area contributed by atoms with E-state index in [1.165, 1.54) is 22.3 Å². The Labute approximate surface area is 126 Å². The number of rotatable bonds is 3. The van der Waals surface area contributed by atoms with Crippen LogP contribution in [0.3, 0.4) is 0 Å². The van der Waals surface area contributed by atoms with Gasteiger partial charge in [0, 0.05) is 13.0 Å². The standard InChI is InChI=1S/C19H21NO/c1-13-7-8-14(2)17(9-13)11-19(21)18-10-15-5-3-4-6-16(15)12-20-18/h3-9,18,20H,10-12H2,1-2H3. The van der Waals surface area contributed by atoms with Crippen LogP contribution in [0.15, 0.2) is 42.5 Å². The van der Waals surface area contributed by atoms with Gasteiger partial charge < -0.3 is 5.32 Å². The number of hydrogen-bond donors (Lipinski definition) is 1. The van der Waals surface area contributed by atoms with Crippen molar-refractivity contribution in [2.75, 3.05) is 0 Å². The second kappa shape index (κ2) is 5.82. The van der Waals surface area contributed by atoms with Crippen molar-refractivity contribution >= 4 is 5.78 Å². The third-order valence-electron chi connectivity index (χ3n) is 4.34. The van der Waals surface area contributed by atoms with E-state index >= 15 is 0 Å². The van der Waals surface area contributed by atoms with Crippen LogP contribution < -0.4 is 5.32 Å². The fourth-order valence-corrected chi connectivity index (χ4v) is 2.98. The predicted octanol–water partition coefficient (Wildman–Crippen LogP) is 3.13. The van der Waals surface area contributed by atoms with Gasteiger partial charge in [-0.15, -0.1) is 0 Å². The molecule has 1 unspecified atom stereocenters. The molecule has 0 saturated heterocycles. The summed E-state index contributed by atoms with van der Waals surface area (Å²) in [5.74, 6) is 0.290. The van der Waals surface area contributed by atoms with Gasteiger partial charge >= 0.3 is 0 Å². The van der Waals surface area contributed by atoms with Gasteiger partial charge in [0.05, 0.1) is 6.04 Å². The molecule has 0 aromatic heterocycles. The molecule has 2 nitrogen and oxygen atoms in total. The summed E-state index contributed by atoms with van der Waals surface area (Å²) < 4.78 is 0. The molecule has 1 aliphatic heterocycles. The fourth-order valence-electron chi connectivity index (χ4n) is 2.98. The van der Waals surface area contributed by atoms with Crippen LogP contribution in [0, 0.1) is 13.8 Å². The topological polar surface area (TPSA) is 29.1 Å². The first-order chi connectivity index (χ1) is 10.1. The van der Waals surface area contributed by atoms with Crippen LogP contribution in [-0.4, -0.2) is 11.8 Å². The van der Waals surface area contributed by atoms with E-state index in [1.54, 1.807) is 0 Å². The van der Waals surface area contributed by atoms with Gasteiger partial charge in [0.2, 0.25) is 0 Å². The second-order valence-corrected chi connectivity index (χ2v) is 5.98. The Morgan fingerprint density at radius 2 is 1.90 bits per heavy atom. The molecule has 0 amide bonds. The Balaban J connectivity index is 1.74. The molecule has 2 aromatic carbocycles. The molecule has 1 aliphatic rings. The minimum Gasteiger partial charge on any atom is -0.303 e. The number of benzene rings is 2. The summed E-state index contributed by atoms with van der Waals surface area (Å²) >= 11 is 0. The van der Waals surface area contributed by atoms with Crippen LogP contribution in [0.25, 0.3) is 0 Å². The zero-order chi connectivity index (χ0) is 14.8. The third kappa shape index (κ3) is 3.06. The molecule has 21 heavy (non-hydrogen) atoms. The Bertz CT molecular complexity index is 675. The van der Waals surface area contributed by atoms with Gasteiger partial charge in [-0.25, -0.2) is 0 Å². The Morgan fingerprint density at radius 3 is 2.71 bits per heavy atom. The van der Waals surface area contributed by atoms with Crippen molar-refractivity contribution in [3.05, 3.63) is 70.3 Å². The minimum atomic E-state index is -0.0557. The highest BCUT2D eigenvalue weighted by Gasteiger charge is 2.24. The zero-order valence-electron chi connectivity index (χ0n) is 12.6. The number of Topliss-reactive ketones (excluding diaryl/α,β-unsaturated/α-hetero) is 1. The van der Waals surface area contributed by atoms with Crippen LogP contribution in [0.4, 0.5) is 0 Å². The van der Waals surface area contributed by atoms with E-state index in [1.807, 2.05) is 0 Å². The summed E-state index contributed by atoms with van der Waals surface area (Å²) in [6, 6.07) is 14.6. The average molecular weight is 279 g/mol. The molecule has 0 aliphatic carbocycles. The summed E-state index contributed by atoms with van der Waals surface area (Å²) in [5.41, 5.74) is 6.18. The monoisotopic (exact) mass is 279 g/mol. The van der Waals surface area contributed by atoms with Gasteiger partial charge in [0.1, 0.15) is 0 Å². The fraction of sp³-hybridized carbons (Fsp3) is 0.316. The van der Waals surface area contributed by atoms with Crippen LogP contribution in [0.1, 0.15) is 27.8 Å². The zero-order valence-corrected chi connectivity index (χ0v) is 12.6. The first-order valence-corrected chi connectivity index (χ1v) is 7.52. The molecule has 0 fully saturated rings. The molecule has 0 saturated carbocycles. The highest BCUT2D eigenvalue weighted by atomic mass is 16.1. The SMILES string of the molecule is Cc1ccc(C)c(CC(=O)C2Cc3ccccc3CN2)c1. The first kappa shape index (κ1) is 14.0. The van der Waals surface area contributed by atoms with Crippen molar-refractivity contribution in [2.24, 2.45) is 0 Å². The van der Waals surface area contributed by atoms with Crippen molar-refractivity contribution in [3.8, 4) is 0 Å². The van der Waals surface area contributed by atoms with E-state index in [2.05, 4.69) is 61.6 Å². The largest absolute Gasteiger partial charge is 0.303 e. The van der Waals surface area contributed by atoms with Gasteiger partial charge in [-0.2, -0.15) is 0 Å². The third-order valence-corrected chi connectivity index (χ3v) is 4.34. The molecule has 2 heteroatoms. The average Bonchev–Trinajstić information content (AvgIpc) is 2.50. The Hall–Kier alpha value is -1.93. The van der Waals surface area contributed by atoms with Gasteiger partial charge in [0.25, 0.3) is 0 Å². The van der Waals surface area contributed by atoms with Gasteiger partial charge in [-0.1, -0.05) is 48.0 Å². The van der Waals surface area contributed by atoms with Crippen molar-refractivity contribution in [1.82, 2.24) is 5.32 Å². The number of nitrogens with one attached hydrogen (secondary N) is 1. The quantitative estimate of drug-likeness (QED) is 0.935. The van der Waals surface area contributed by atoms with Gasteiger partial charge in [-0.3, -0.25) is 4.79 Å². The van der Waals surface area contributed by atoms with Crippen molar-refractivity contribution in [3.63, 3.8) is 0 Å². The Morgan fingerprint density at radius 1 is 1.14 bits per heavy atom. The van der Waals surface area contributed by atoms with Crippen molar-refractivity contribution in [1.29, 1.82) is 0 Å². The summed E-state index contributed by atoms with van der Waals surface area (Å²) in [4.78, 5) is 12.6. The second-order valence-electron chi connectivity index (χ2n) is 5.98. The molecule has 0 bridgehead atoms. The molecule has 1 N–H and O–H groups in total. The molecular weight excluding hydrogens is 258 g/mol. The molecule has 1 heterocycles. The van der Waals surface area contributed by atoms with E-state index in [4.69, 9.17) is 0 Å². The number of carbonyl (C=O) groups excluding carboxylic acids is 1. The normalized spacial score (nSPS) is 17.3. The van der Waals surface area contributed by atoms with Crippen molar-refractivity contribution < 1.29 is 4.79 Å². The van der Waals surface area contributed by atoms with Crippen LogP contribution in [0.2, 0.25) is 0 Å². The van der Waals surface area contributed by atoms with E-state index in [9.17, 15) is 4.79 Å². The molecule has 1 atom stereocenters. The van der Waals surface area contributed by atoms with Crippen LogP contribution in [0.5, 0.6) is 0 Å². The number of ketones is 1. The molecule has 0 radical (unpaired) electrons. The van der Waals surface area contributed by atoms with Crippen molar-refractivity contribution in [2.45, 2.75) is 39.3 Å². The molecular formula is C19H21NO. The maximum Gasteiger partial charge on any atom is 0.154 e. The highest BCUT2D eigenvalue weighted by Crippen LogP contribution is 2.19. The Kier molecular flexibility index (Phi) is 3.89. The predicted molar refractivity (Wildman–Crippen MR) is 85.4 cm³/mol. The van der Waals surface area contributed by atoms with Gasteiger partial charge in [0.15, 0.2) is 5.78 Å². The van der Waals surface area contributed by atoms with E-state index in [-0.39, 0.29) is 6.04 Å². The summed E-state index contributed by atoms with van der Waals surface area (Å²) in [6.45, 7) is 4.94. The highest BCUT2D eigenvalue weighted by molar-refractivity contribution is 5.87. The lowest BCUT2D eigenvalue weighted by atomic mass is 9.90. The summed E-state index contributed by atoms with van der Waals surface area (Å²) in [7, 11) is 0.